The number of nitrogens with zero attached hydrogens (tertiary/aromatic N) is 2. The van der Waals surface area contributed by atoms with E-state index in [0.29, 0.717) is 5.92 Å². The number of ether oxygens (including phenoxy) is 2. The van der Waals surface area contributed by atoms with Crippen molar-refractivity contribution in [1.82, 2.24) is 15.1 Å². The van der Waals surface area contributed by atoms with Gasteiger partial charge in [-0.1, -0.05) is 0 Å². The molecular weight excluding hydrogens is 370 g/mol. The van der Waals surface area contributed by atoms with Gasteiger partial charge in [0.2, 0.25) is 0 Å². The van der Waals surface area contributed by atoms with Gasteiger partial charge in [-0.15, -0.1) is 0 Å². The van der Waals surface area contributed by atoms with Gasteiger partial charge >= 0.3 is 12.2 Å². The summed E-state index contributed by atoms with van der Waals surface area (Å²) in [5.74, 6) is 0.448. The first-order chi connectivity index (χ1) is 13.3. The molecule has 2 rings (SSSR count). The molecule has 2 aliphatic heterocycles. The predicted molar refractivity (Wildman–Crippen MR) is 114 cm³/mol. The van der Waals surface area contributed by atoms with E-state index in [1.807, 2.05) is 46.4 Å². The first kappa shape index (κ1) is 23.8. The molecule has 0 saturated carbocycles. The lowest BCUT2D eigenvalue weighted by atomic mass is 9.90. The summed E-state index contributed by atoms with van der Waals surface area (Å²) < 4.78 is 10.9. The summed E-state index contributed by atoms with van der Waals surface area (Å²) in [4.78, 5) is 28.9. The lowest BCUT2D eigenvalue weighted by molar-refractivity contribution is 0.0182. The van der Waals surface area contributed by atoms with Crippen molar-refractivity contribution in [2.75, 3.05) is 26.2 Å². The Balaban J connectivity index is 1.77. The van der Waals surface area contributed by atoms with E-state index >= 15 is 0 Å². The Hall–Kier alpha value is -1.50. The lowest BCUT2D eigenvalue weighted by Gasteiger charge is -2.38. The topological polar surface area (TPSA) is 71.1 Å². The molecule has 0 aromatic rings. The highest BCUT2D eigenvalue weighted by Gasteiger charge is 2.34. The van der Waals surface area contributed by atoms with Crippen LogP contribution in [0, 0.1) is 5.92 Å². The highest BCUT2D eigenvalue weighted by atomic mass is 16.6. The van der Waals surface area contributed by atoms with E-state index in [2.05, 4.69) is 17.1 Å². The number of carbonyl (C=O) groups is 2. The first-order valence-corrected chi connectivity index (χ1v) is 11.1. The van der Waals surface area contributed by atoms with Crippen LogP contribution in [-0.4, -0.2) is 71.5 Å². The molecule has 2 atom stereocenters. The van der Waals surface area contributed by atoms with Crippen LogP contribution in [0.3, 0.4) is 0 Å². The van der Waals surface area contributed by atoms with Gasteiger partial charge in [0.1, 0.15) is 11.2 Å². The summed E-state index contributed by atoms with van der Waals surface area (Å²) >= 11 is 0. The van der Waals surface area contributed by atoms with Crippen LogP contribution < -0.4 is 5.32 Å². The number of rotatable bonds is 4. The highest BCUT2D eigenvalue weighted by molar-refractivity contribution is 5.69. The fourth-order valence-corrected chi connectivity index (χ4v) is 4.13. The fraction of sp³-hybridized carbons (Fsp3) is 0.909. The Bertz CT molecular complexity index is 559. The predicted octanol–water partition coefficient (Wildman–Crippen LogP) is 4.01. The minimum absolute atomic E-state index is 0.0942. The molecule has 1 N–H and O–H groups in total. The third-order valence-corrected chi connectivity index (χ3v) is 5.56. The van der Waals surface area contributed by atoms with Crippen LogP contribution in [0.15, 0.2) is 0 Å². The average molecular weight is 412 g/mol. The van der Waals surface area contributed by atoms with Crippen molar-refractivity contribution < 1.29 is 19.1 Å². The van der Waals surface area contributed by atoms with Gasteiger partial charge in [-0.3, -0.25) is 0 Å². The van der Waals surface area contributed by atoms with Crippen LogP contribution in [0.4, 0.5) is 9.59 Å². The van der Waals surface area contributed by atoms with E-state index in [9.17, 15) is 9.59 Å². The molecule has 0 radical (unpaired) electrons. The van der Waals surface area contributed by atoms with Crippen molar-refractivity contribution >= 4 is 12.2 Å². The summed E-state index contributed by atoms with van der Waals surface area (Å²) in [6.45, 7) is 17.1. The molecular formula is C22H41N3O4. The summed E-state index contributed by atoms with van der Waals surface area (Å²) in [5.41, 5.74) is -0.936. The molecule has 0 aliphatic carbocycles. The molecule has 2 saturated heterocycles. The van der Waals surface area contributed by atoms with Crippen molar-refractivity contribution in [2.24, 2.45) is 5.92 Å². The van der Waals surface area contributed by atoms with Gasteiger partial charge in [-0.05, 0) is 93.2 Å². The molecule has 29 heavy (non-hydrogen) atoms. The maximum Gasteiger partial charge on any atom is 0.410 e. The van der Waals surface area contributed by atoms with Gasteiger partial charge in [0.25, 0.3) is 0 Å². The van der Waals surface area contributed by atoms with Gasteiger partial charge in [0, 0.05) is 25.2 Å². The first-order valence-electron chi connectivity index (χ1n) is 11.1. The molecule has 2 aliphatic rings. The number of likely N-dealkylation sites (tertiary alicyclic amines) is 2. The summed E-state index contributed by atoms with van der Waals surface area (Å²) in [5, 5.41) is 2.99. The lowest BCUT2D eigenvalue weighted by Crippen LogP contribution is -2.49. The van der Waals surface area contributed by atoms with Crippen LogP contribution in [0.5, 0.6) is 0 Å². The number of alkyl carbamates (subject to hydrolysis) is 1. The Morgan fingerprint density at radius 1 is 0.966 bits per heavy atom. The van der Waals surface area contributed by atoms with Crippen LogP contribution in [0.1, 0.15) is 74.1 Å². The number of hydrogen-bond donors (Lipinski definition) is 1. The van der Waals surface area contributed by atoms with Gasteiger partial charge < -0.3 is 24.6 Å². The van der Waals surface area contributed by atoms with E-state index in [1.165, 1.54) is 0 Å². The Morgan fingerprint density at radius 3 is 2.10 bits per heavy atom. The summed E-state index contributed by atoms with van der Waals surface area (Å²) in [6, 6.07) is 0.329. The van der Waals surface area contributed by atoms with Crippen molar-refractivity contribution in [3.8, 4) is 0 Å². The van der Waals surface area contributed by atoms with Gasteiger partial charge in [0.05, 0.1) is 0 Å². The van der Waals surface area contributed by atoms with E-state index in [0.717, 1.165) is 51.9 Å². The molecule has 0 aromatic heterocycles. The zero-order chi connectivity index (χ0) is 21.8. The third-order valence-electron chi connectivity index (χ3n) is 5.56. The second-order valence-corrected chi connectivity index (χ2v) is 10.5. The molecule has 0 aromatic carbocycles. The second-order valence-electron chi connectivity index (χ2n) is 10.5. The third kappa shape index (κ3) is 8.03. The van der Waals surface area contributed by atoms with Crippen LogP contribution in [-0.2, 0) is 9.47 Å². The molecule has 2 heterocycles. The zero-order valence-electron chi connectivity index (χ0n) is 19.4. The Morgan fingerprint density at radius 2 is 1.55 bits per heavy atom. The monoisotopic (exact) mass is 411 g/mol. The quantitative estimate of drug-likeness (QED) is 0.757. The minimum atomic E-state index is -0.478. The smallest absolute Gasteiger partial charge is 0.410 e. The SMILES string of the molecule is CC(NC(=O)OC(C)(C)C)C1CCN(C[C@@H]2CCCN2C(=O)OC(C)(C)C)CC1. The van der Waals surface area contributed by atoms with Gasteiger partial charge in [-0.25, -0.2) is 9.59 Å². The molecule has 2 fully saturated rings. The van der Waals surface area contributed by atoms with Gasteiger partial charge in [0.15, 0.2) is 0 Å². The molecule has 0 bridgehead atoms. The number of carbonyl (C=O) groups excluding carboxylic acids is 2. The largest absolute Gasteiger partial charge is 0.444 e. The normalized spacial score (nSPS) is 23.0. The van der Waals surface area contributed by atoms with Crippen LogP contribution >= 0.6 is 0 Å². The number of amides is 2. The average Bonchev–Trinajstić information content (AvgIpc) is 3.00. The number of nitrogens with one attached hydrogen (secondary N) is 1. The molecule has 0 spiro atoms. The van der Waals surface area contributed by atoms with Gasteiger partial charge in [-0.2, -0.15) is 0 Å². The fourth-order valence-electron chi connectivity index (χ4n) is 4.13. The van der Waals surface area contributed by atoms with Crippen molar-refractivity contribution in [1.29, 1.82) is 0 Å². The molecule has 7 nitrogen and oxygen atoms in total. The van der Waals surface area contributed by atoms with Crippen molar-refractivity contribution in [2.45, 2.75) is 97.4 Å². The maximum absolute atomic E-state index is 12.5. The van der Waals surface area contributed by atoms with Crippen LogP contribution in [0.2, 0.25) is 0 Å². The second kappa shape index (κ2) is 9.54. The standard InChI is InChI=1S/C22H41N3O4/c1-16(23-19(26)28-21(2,3)4)17-10-13-24(14-11-17)15-18-9-8-12-25(18)20(27)29-22(5,6)7/h16-18H,8-15H2,1-7H3,(H,23,26)/t16?,18-/m0/s1. The Kier molecular flexibility index (Phi) is 7.82. The zero-order valence-corrected chi connectivity index (χ0v) is 19.4. The number of piperidine rings is 1. The molecule has 7 heteroatoms. The van der Waals surface area contributed by atoms with Crippen LogP contribution in [0.25, 0.3) is 0 Å². The van der Waals surface area contributed by atoms with E-state index < -0.39 is 11.2 Å². The molecule has 1 unspecified atom stereocenters. The summed E-state index contributed by atoms with van der Waals surface area (Å²) in [7, 11) is 0. The highest BCUT2D eigenvalue weighted by Crippen LogP contribution is 2.25. The molecule has 2 amide bonds. The van der Waals surface area contributed by atoms with E-state index in [-0.39, 0.29) is 24.3 Å². The number of hydrogen-bond acceptors (Lipinski definition) is 5. The van der Waals surface area contributed by atoms with E-state index in [1.54, 1.807) is 0 Å². The van der Waals surface area contributed by atoms with Crippen molar-refractivity contribution in [3.63, 3.8) is 0 Å². The van der Waals surface area contributed by atoms with Crippen molar-refractivity contribution in [3.05, 3.63) is 0 Å². The minimum Gasteiger partial charge on any atom is -0.444 e. The summed E-state index contributed by atoms with van der Waals surface area (Å²) in [6.07, 6.45) is 3.62. The maximum atomic E-state index is 12.5. The Labute approximate surface area is 176 Å². The van der Waals surface area contributed by atoms with E-state index in [4.69, 9.17) is 9.47 Å². The molecule has 168 valence electrons.